The van der Waals surface area contributed by atoms with E-state index in [1.807, 2.05) is 6.07 Å². The van der Waals surface area contributed by atoms with Crippen LogP contribution in [0, 0.1) is 11.3 Å². The fraction of sp³-hybridized carbons (Fsp3) is 0.0909. The summed E-state index contributed by atoms with van der Waals surface area (Å²) in [6, 6.07) is 6.49. The number of rotatable bonds is 2. The third-order valence-corrected chi connectivity index (χ3v) is 1.68. The van der Waals surface area contributed by atoms with Crippen LogP contribution in [0.5, 0.6) is 0 Å². The maximum absolute atomic E-state index is 11.2. The first-order valence-corrected chi connectivity index (χ1v) is 4.47. The molecule has 0 saturated heterocycles. The van der Waals surface area contributed by atoms with Crippen LogP contribution in [-0.2, 0) is 4.74 Å². The Balaban J connectivity index is 2.79. The second kappa shape index (κ2) is 4.84. The van der Waals surface area contributed by atoms with Gasteiger partial charge >= 0.3 is 6.09 Å². The predicted octanol–water partition coefficient (Wildman–Crippen LogP) is 2.22. The zero-order chi connectivity index (χ0) is 12.1. The molecule has 0 aliphatic heterocycles. The van der Waals surface area contributed by atoms with Crippen LogP contribution in [0.15, 0.2) is 30.5 Å². The van der Waals surface area contributed by atoms with Crippen molar-refractivity contribution in [2.24, 2.45) is 0 Å². The Morgan fingerprint density at radius 1 is 1.62 bits per heavy atom. The molecule has 1 aromatic rings. The van der Waals surface area contributed by atoms with E-state index in [2.05, 4.69) is 11.9 Å². The Kier molecular flexibility index (Phi) is 3.51. The molecule has 0 heterocycles. The summed E-state index contributed by atoms with van der Waals surface area (Å²) in [6.07, 6.45) is -0.663. The summed E-state index contributed by atoms with van der Waals surface area (Å²) in [6.45, 7) is 4.99. The molecule has 0 aromatic heterocycles. The number of carbonyl (C=O) groups excluding carboxylic acids is 1. The number of nitrogens with zero attached hydrogens (tertiary/aromatic N) is 1. The number of nitrogens with one attached hydrogen (secondary N) is 1. The number of hydrogen-bond acceptors (Lipinski definition) is 4. The minimum absolute atomic E-state index is 0.282. The Morgan fingerprint density at radius 3 is 2.81 bits per heavy atom. The first kappa shape index (κ1) is 11.6. The highest BCUT2D eigenvalue weighted by Gasteiger charge is 2.06. The van der Waals surface area contributed by atoms with Crippen molar-refractivity contribution >= 4 is 17.5 Å². The second-order valence-electron chi connectivity index (χ2n) is 3.13. The molecule has 0 aliphatic rings. The van der Waals surface area contributed by atoms with Crippen LogP contribution >= 0.6 is 0 Å². The van der Waals surface area contributed by atoms with Crippen molar-refractivity contribution in [2.75, 3.05) is 11.1 Å². The molecular formula is C11H11N3O2. The monoisotopic (exact) mass is 217 g/mol. The Bertz CT molecular complexity index is 475. The van der Waals surface area contributed by atoms with Gasteiger partial charge in [0.1, 0.15) is 0 Å². The summed E-state index contributed by atoms with van der Waals surface area (Å²) >= 11 is 0. The van der Waals surface area contributed by atoms with Gasteiger partial charge < -0.3 is 10.5 Å². The summed E-state index contributed by atoms with van der Waals surface area (Å²) in [5.41, 5.74) is 6.76. The molecule has 0 spiro atoms. The first-order valence-electron chi connectivity index (χ1n) is 4.47. The standard InChI is InChI=1S/C11H11N3O2/c1-7(2)16-11(15)14-10-4-3-8(6-12)5-9(10)13/h3-5H,1,13H2,2H3,(H,14,15). The van der Waals surface area contributed by atoms with E-state index in [1.54, 1.807) is 13.0 Å². The molecule has 3 N–H and O–H groups in total. The molecule has 1 aromatic carbocycles. The van der Waals surface area contributed by atoms with Crippen molar-refractivity contribution < 1.29 is 9.53 Å². The summed E-state index contributed by atoms with van der Waals surface area (Å²) in [5, 5.41) is 11.1. The van der Waals surface area contributed by atoms with Crippen LogP contribution in [0.1, 0.15) is 12.5 Å². The van der Waals surface area contributed by atoms with Crippen LogP contribution in [0.25, 0.3) is 0 Å². The average molecular weight is 217 g/mol. The van der Waals surface area contributed by atoms with Gasteiger partial charge in [0.2, 0.25) is 0 Å². The second-order valence-corrected chi connectivity index (χ2v) is 3.13. The van der Waals surface area contributed by atoms with Crippen molar-refractivity contribution in [1.82, 2.24) is 0 Å². The van der Waals surface area contributed by atoms with E-state index in [9.17, 15) is 4.79 Å². The van der Waals surface area contributed by atoms with Crippen molar-refractivity contribution in [2.45, 2.75) is 6.92 Å². The van der Waals surface area contributed by atoms with Crippen LogP contribution in [-0.4, -0.2) is 6.09 Å². The molecule has 0 aliphatic carbocycles. The summed E-state index contributed by atoms with van der Waals surface area (Å²) in [4.78, 5) is 11.2. The normalized spacial score (nSPS) is 9.00. The van der Waals surface area contributed by atoms with Crippen molar-refractivity contribution in [3.05, 3.63) is 36.1 Å². The van der Waals surface area contributed by atoms with Gasteiger partial charge in [-0.25, -0.2) is 4.79 Å². The summed E-state index contributed by atoms with van der Waals surface area (Å²) in [7, 11) is 0. The van der Waals surface area contributed by atoms with Gasteiger partial charge in [-0.15, -0.1) is 0 Å². The maximum atomic E-state index is 11.2. The number of nitrogen functional groups attached to an aromatic ring is 1. The van der Waals surface area contributed by atoms with E-state index < -0.39 is 6.09 Å². The van der Waals surface area contributed by atoms with E-state index in [0.717, 1.165) is 0 Å². The van der Waals surface area contributed by atoms with Crippen molar-refractivity contribution in [3.8, 4) is 6.07 Å². The zero-order valence-electron chi connectivity index (χ0n) is 8.78. The lowest BCUT2D eigenvalue weighted by atomic mass is 10.2. The number of carbonyl (C=O) groups is 1. The van der Waals surface area contributed by atoms with Crippen LogP contribution in [0.2, 0.25) is 0 Å². The van der Waals surface area contributed by atoms with E-state index >= 15 is 0 Å². The quantitative estimate of drug-likeness (QED) is 0.587. The summed E-state index contributed by atoms with van der Waals surface area (Å²) < 4.78 is 4.70. The third kappa shape index (κ3) is 3.03. The highest BCUT2D eigenvalue weighted by atomic mass is 16.6. The molecule has 0 radical (unpaired) electrons. The van der Waals surface area contributed by atoms with Gasteiger partial charge in [-0.2, -0.15) is 5.26 Å². The van der Waals surface area contributed by atoms with Crippen molar-refractivity contribution in [1.29, 1.82) is 5.26 Å². The van der Waals surface area contributed by atoms with Crippen LogP contribution in [0.3, 0.4) is 0 Å². The number of nitriles is 1. The molecule has 0 unspecified atom stereocenters. The van der Waals surface area contributed by atoms with Crippen LogP contribution < -0.4 is 11.1 Å². The fourth-order valence-electron chi connectivity index (χ4n) is 1.04. The van der Waals surface area contributed by atoms with Gasteiger partial charge in [0.25, 0.3) is 0 Å². The molecule has 5 heteroatoms. The van der Waals surface area contributed by atoms with E-state index in [-0.39, 0.29) is 5.76 Å². The van der Waals surface area contributed by atoms with E-state index in [1.165, 1.54) is 12.1 Å². The van der Waals surface area contributed by atoms with Gasteiger partial charge in [0, 0.05) is 0 Å². The SMILES string of the molecule is C=C(C)OC(=O)Nc1ccc(C#N)cc1N. The van der Waals surface area contributed by atoms with Crippen LogP contribution in [0.4, 0.5) is 16.2 Å². The molecule has 0 bridgehead atoms. The Hall–Kier alpha value is -2.48. The van der Waals surface area contributed by atoms with Gasteiger partial charge in [0.05, 0.1) is 28.8 Å². The number of benzene rings is 1. The lowest BCUT2D eigenvalue weighted by Crippen LogP contribution is -2.13. The lowest BCUT2D eigenvalue weighted by Gasteiger charge is -2.08. The number of amides is 1. The van der Waals surface area contributed by atoms with Gasteiger partial charge in [-0.3, -0.25) is 5.32 Å². The predicted molar refractivity (Wildman–Crippen MR) is 60.5 cm³/mol. The molecule has 16 heavy (non-hydrogen) atoms. The molecule has 1 amide bonds. The third-order valence-electron chi connectivity index (χ3n) is 1.68. The van der Waals surface area contributed by atoms with E-state index in [4.69, 9.17) is 15.7 Å². The fourth-order valence-corrected chi connectivity index (χ4v) is 1.04. The molecule has 0 saturated carbocycles. The minimum Gasteiger partial charge on any atom is -0.416 e. The molecule has 1 rings (SSSR count). The molecule has 5 nitrogen and oxygen atoms in total. The summed E-state index contributed by atoms with van der Waals surface area (Å²) in [5.74, 6) is 0.282. The molecular weight excluding hydrogens is 206 g/mol. The Morgan fingerprint density at radius 2 is 2.31 bits per heavy atom. The zero-order valence-corrected chi connectivity index (χ0v) is 8.78. The highest BCUT2D eigenvalue weighted by molar-refractivity contribution is 5.89. The minimum atomic E-state index is -0.663. The molecule has 0 atom stereocenters. The average Bonchev–Trinajstić information content (AvgIpc) is 2.19. The van der Waals surface area contributed by atoms with Gasteiger partial charge in [0.15, 0.2) is 0 Å². The smallest absolute Gasteiger partial charge is 0.416 e. The molecule has 0 fully saturated rings. The number of allylic oxidation sites excluding steroid dienone is 1. The maximum Gasteiger partial charge on any atom is 0.416 e. The molecule has 82 valence electrons. The van der Waals surface area contributed by atoms with Gasteiger partial charge in [-0.05, 0) is 25.1 Å². The Labute approximate surface area is 93.1 Å². The number of hydrogen-bond donors (Lipinski definition) is 2. The lowest BCUT2D eigenvalue weighted by molar-refractivity contribution is 0.192. The highest BCUT2D eigenvalue weighted by Crippen LogP contribution is 2.19. The first-order chi connectivity index (χ1) is 7.52. The largest absolute Gasteiger partial charge is 0.416 e. The topological polar surface area (TPSA) is 88.1 Å². The number of ether oxygens (including phenoxy) is 1. The number of anilines is 2. The van der Waals surface area contributed by atoms with E-state index in [0.29, 0.717) is 16.9 Å². The number of nitrogens with two attached hydrogens (primary N) is 1. The van der Waals surface area contributed by atoms with Gasteiger partial charge in [-0.1, -0.05) is 6.58 Å². The van der Waals surface area contributed by atoms with Crippen molar-refractivity contribution in [3.63, 3.8) is 0 Å².